The van der Waals surface area contributed by atoms with Crippen LogP contribution >= 0.6 is 0 Å². The Balaban J connectivity index is 2.04. The summed E-state index contributed by atoms with van der Waals surface area (Å²) < 4.78 is 5.57. The highest BCUT2D eigenvalue weighted by Crippen LogP contribution is 1.99. The number of benzene rings is 1. The third kappa shape index (κ3) is 7.87. The normalized spacial score (nSPS) is 11.7. The standard InChI is InChI=1S/C15H23NOSi/c1-18(2)17-14-7-6-12-16-13-8-11-15-9-4-3-5-10-15/h3-6,8-12,16,18H,7,13-14H2,1-2H3. The summed E-state index contributed by atoms with van der Waals surface area (Å²) >= 11 is 0. The summed E-state index contributed by atoms with van der Waals surface area (Å²) in [5.74, 6) is 0. The molecule has 0 aliphatic heterocycles. The van der Waals surface area contributed by atoms with Crippen LogP contribution in [0.25, 0.3) is 6.08 Å². The van der Waals surface area contributed by atoms with Gasteiger partial charge < -0.3 is 9.74 Å². The molecule has 0 unspecified atom stereocenters. The second kappa shape index (κ2) is 9.68. The molecule has 18 heavy (non-hydrogen) atoms. The van der Waals surface area contributed by atoms with Crippen LogP contribution in [-0.4, -0.2) is 22.2 Å². The van der Waals surface area contributed by atoms with Gasteiger partial charge in [0, 0.05) is 13.2 Å². The lowest BCUT2D eigenvalue weighted by molar-refractivity contribution is 0.334. The molecule has 0 aromatic heterocycles. The molecule has 0 fully saturated rings. The summed E-state index contributed by atoms with van der Waals surface area (Å²) in [7, 11) is -0.841. The van der Waals surface area contributed by atoms with Crippen molar-refractivity contribution in [2.75, 3.05) is 13.2 Å². The second-order valence-electron chi connectivity index (χ2n) is 4.33. The zero-order valence-electron chi connectivity index (χ0n) is 11.3. The zero-order chi connectivity index (χ0) is 13.1. The Morgan fingerprint density at radius 3 is 2.67 bits per heavy atom. The molecule has 0 amide bonds. The molecule has 0 saturated carbocycles. The van der Waals surface area contributed by atoms with Gasteiger partial charge >= 0.3 is 0 Å². The van der Waals surface area contributed by atoms with Crippen molar-refractivity contribution < 1.29 is 4.43 Å². The van der Waals surface area contributed by atoms with E-state index in [1.165, 1.54) is 5.56 Å². The minimum absolute atomic E-state index is 0.841. The lowest BCUT2D eigenvalue weighted by Crippen LogP contribution is -2.08. The molecular weight excluding hydrogens is 238 g/mol. The van der Waals surface area contributed by atoms with Crippen molar-refractivity contribution in [3.8, 4) is 0 Å². The lowest BCUT2D eigenvalue weighted by Gasteiger charge is -2.03. The van der Waals surface area contributed by atoms with Crippen molar-refractivity contribution in [2.24, 2.45) is 0 Å². The van der Waals surface area contributed by atoms with Crippen LogP contribution in [0.1, 0.15) is 12.0 Å². The number of hydrogen-bond acceptors (Lipinski definition) is 2. The van der Waals surface area contributed by atoms with Gasteiger partial charge in [-0.25, -0.2) is 0 Å². The van der Waals surface area contributed by atoms with E-state index in [0.717, 1.165) is 19.6 Å². The van der Waals surface area contributed by atoms with Gasteiger partial charge in [0.1, 0.15) is 0 Å². The fourth-order valence-electron chi connectivity index (χ4n) is 1.43. The van der Waals surface area contributed by atoms with Gasteiger partial charge in [0.05, 0.1) is 0 Å². The Morgan fingerprint density at radius 2 is 1.94 bits per heavy atom. The summed E-state index contributed by atoms with van der Waals surface area (Å²) in [6.45, 7) is 6.08. The Morgan fingerprint density at radius 1 is 1.17 bits per heavy atom. The van der Waals surface area contributed by atoms with Gasteiger partial charge in [0.25, 0.3) is 0 Å². The first-order chi connectivity index (χ1) is 8.79. The Bertz CT molecular complexity index is 360. The van der Waals surface area contributed by atoms with E-state index in [1.807, 2.05) is 24.4 Å². The smallest absolute Gasteiger partial charge is 0.170 e. The van der Waals surface area contributed by atoms with Crippen LogP contribution in [0.5, 0.6) is 0 Å². The summed E-state index contributed by atoms with van der Waals surface area (Å²) in [5.41, 5.74) is 1.23. The van der Waals surface area contributed by atoms with Crippen LogP contribution < -0.4 is 5.32 Å². The van der Waals surface area contributed by atoms with Gasteiger partial charge in [0.15, 0.2) is 9.04 Å². The lowest BCUT2D eigenvalue weighted by atomic mass is 10.2. The highest BCUT2D eigenvalue weighted by molar-refractivity contribution is 6.48. The molecule has 1 aromatic rings. The van der Waals surface area contributed by atoms with E-state index in [2.05, 4.69) is 48.8 Å². The first kappa shape index (κ1) is 14.7. The van der Waals surface area contributed by atoms with E-state index in [9.17, 15) is 0 Å². The molecule has 0 spiro atoms. The molecule has 3 heteroatoms. The third-order valence-corrected chi connectivity index (χ3v) is 3.22. The molecule has 0 aliphatic rings. The van der Waals surface area contributed by atoms with Crippen molar-refractivity contribution in [2.45, 2.75) is 19.5 Å². The fourth-order valence-corrected chi connectivity index (χ4v) is 2.04. The van der Waals surface area contributed by atoms with Crippen molar-refractivity contribution in [1.82, 2.24) is 5.32 Å². The first-order valence-corrected chi connectivity index (χ1v) is 9.28. The molecule has 0 bridgehead atoms. The van der Waals surface area contributed by atoms with Gasteiger partial charge in [-0.2, -0.15) is 0 Å². The average Bonchev–Trinajstić information content (AvgIpc) is 2.37. The maximum atomic E-state index is 5.57. The van der Waals surface area contributed by atoms with E-state index < -0.39 is 9.04 Å². The van der Waals surface area contributed by atoms with Crippen molar-refractivity contribution >= 4 is 15.1 Å². The molecule has 98 valence electrons. The van der Waals surface area contributed by atoms with Crippen LogP contribution in [0.4, 0.5) is 0 Å². The topological polar surface area (TPSA) is 21.3 Å². The monoisotopic (exact) mass is 261 g/mol. The Labute approximate surface area is 112 Å². The number of nitrogens with one attached hydrogen (secondary N) is 1. The molecule has 2 nitrogen and oxygen atoms in total. The molecule has 0 aliphatic carbocycles. The maximum Gasteiger partial charge on any atom is 0.170 e. The minimum Gasteiger partial charge on any atom is -0.420 e. The number of hydrogen-bond donors (Lipinski definition) is 1. The van der Waals surface area contributed by atoms with Crippen molar-refractivity contribution in [1.29, 1.82) is 0 Å². The minimum atomic E-state index is -0.841. The van der Waals surface area contributed by atoms with Crippen LogP contribution in [-0.2, 0) is 4.43 Å². The molecule has 0 atom stereocenters. The first-order valence-electron chi connectivity index (χ1n) is 6.50. The highest BCUT2D eigenvalue weighted by atomic mass is 28.3. The molecule has 1 N–H and O–H groups in total. The average molecular weight is 261 g/mol. The van der Waals surface area contributed by atoms with Crippen LogP contribution in [0.15, 0.2) is 48.7 Å². The fraction of sp³-hybridized carbons (Fsp3) is 0.333. The van der Waals surface area contributed by atoms with Crippen molar-refractivity contribution in [3.63, 3.8) is 0 Å². The van der Waals surface area contributed by atoms with Crippen LogP contribution in [0, 0.1) is 0 Å². The zero-order valence-corrected chi connectivity index (χ0v) is 12.5. The van der Waals surface area contributed by atoms with Crippen LogP contribution in [0.3, 0.4) is 0 Å². The molecule has 0 heterocycles. The third-order valence-electron chi connectivity index (χ3n) is 2.32. The van der Waals surface area contributed by atoms with Gasteiger partial charge in [-0.1, -0.05) is 48.6 Å². The predicted octanol–water partition coefficient (Wildman–Crippen LogP) is 3.19. The molecule has 1 aromatic carbocycles. The Kier molecular flexibility index (Phi) is 7.93. The van der Waals surface area contributed by atoms with E-state index in [1.54, 1.807) is 0 Å². The van der Waals surface area contributed by atoms with Crippen molar-refractivity contribution in [3.05, 3.63) is 54.2 Å². The Hall–Kier alpha value is -1.32. The molecule has 0 saturated heterocycles. The molecular formula is C15H23NOSi. The number of rotatable bonds is 8. The van der Waals surface area contributed by atoms with Gasteiger partial charge in [-0.3, -0.25) is 0 Å². The maximum absolute atomic E-state index is 5.57. The summed E-state index contributed by atoms with van der Waals surface area (Å²) in [4.78, 5) is 0. The summed E-state index contributed by atoms with van der Waals surface area (Å²) in [6, 6.07) is 10.3. The molecule has 0 radical (unpaired) electrons. The van der Waals surface area contributed by atoms with E-state index >= 15 is 0 Å². The van der Waals surface area contributed by atoms with Gasteiger partial charge in [0.2, 0.25) is 0 Å². The van der Waals surface area contributed by atoms with Gasteiger partial charge in [-0.15, -0.1) is 0 Å². The van der Waals surface area contributed by atoms with Gasteiger partial charge in [-0.05, 0) is 31.3 Å². The summed E-state index contributed by atoms with van der Waals surface area (Å²) in [5, 5.41) is 3.23. The quantitative estimate of drug-likeness (QED) is 0.573. The molecule has 1 rings (SSSR count). The van der Waals surface area contributed by atoms with E-state index in [4.69, 9.17) is 4.43 Å². The second-order valence-corrected chi connectivity index (χ2v) is 6.76. The van der Waals surface area contributed by atoms with Crippen LogP contribution in [0.2, 0.25) is 13.1 Å². The van der Waals surface area contributed by atoms with E-state index in [-0.39, 0.29) is 0 Å². The van der Waals surface area contributed by atoms with E-state index in [0.29, 0.717) is 0 Å². The summed E-state index contributed by atoms with van der Waals surface area (Å²) in [6.07, 6.45) is 9.35. The predicted molar refractivity (Wildman–Crippen MR) is 82.1 cm³/mol. The largest absolute Gasteiger partial charge is 0.420 e. The highest BCUT2D eigenvalue weighted by Gasteiger charge is 1.91. The SMILES string of the molecule is C[SiH](C)OCCC=CNCC=Cc1ccccc1.